The van der Waals surface area contributed by atoms with Gasteiger partial charge in [-0.05, 0) is 18.1 Å². The first kappa shape index (κ1) is 19.0. The fourth-order valence-corrected chi connectivity index (χ4v) is 7.34. The number of aliphatic imine (C=N–C) groups is 1. The first-order chi connectivity index (χ1) is 11.7. The van der Waals surface area contributed by atoms with Gasteiger partial charge in [0.1, 0.15) is 0 Å². The molecule has 1 amide bonds. The van der Waals surface area contributed by atoms with Gasteiger partial charge in [-0.3, -0.25) is 4.79 Å². The molecule has 2 aliphatic rings. The van der Waals surface area contributed by atoms with Crippen molar-refractivity contribution in [3.05, 3.63) is 28.2 Å². The third-order valence-corrected chi connectivity index (χ3v) is 8.08. The molecule has 1 aromatic rings. The van der Waals surface area contributed by atoms with E-state index >= 15 is 0 Å². The summed E-state index contributed by atoms with van der Waals surface area (Å²) in [4.78, 5) is 18.2. The summed E-state index contributed by atoms with van der Waals surface area (Å²) in [5.41, 5.74) is 0.586. The third kappa shape index (κ3) is 3.99. The number of fused-ring (bicyclic) bond motifs is 1. The average Bonchev–Trinajstić information content (AvgIpc) is 2.92. The molecule has 0 unspecified atom stereocenters. The highest BCUT2D eigenvalue weighted by atomic mass is 35.5. The SMILES string of the molecule is CC(C)CC(=O)N=C1S[C@H]2CS(=O)(=O)C[C@H]2N1c1cccc(Cl)c1Cl. The van der Waals surface area contributed by atoms with E-state index in [1.54, 1.807) is 23.1 Å². The van der Waals surface area contributed by atoms with Crippen LogP contribution >= 0.6 is 35.0 Å². The van der Waals surface area contributed by atoms with Gasteiger partial charge >= 0.3 is 0 Å². The molecule has 0 radical (unpaired) electrons. The second-order valence-electron chi connectivity index (χ2n) is 6.63. The first-order valence-electron chi connectivity index (χ1n) is 7.90. The van der Waals surface area contributed by atoms with Crippen molar-refractivity contribution >= 4 is 61.6 Å². The molecule has 3 rings (SSSR count). The third-order valence-electron chi connectivity index (χ3n) is 4.06. The van der Waals surface area contributed by atoms with E-state index in [-0.39, 0.29) is 34.6 Å². The Labute approximate surface area is 161 Å². The normalized spacial score (nSPS) is 26.4. The Balaban J connectivity index is 2.02. The molecule has 136 valence electrons. The molecule has 5 nitrogen and oxygen atoms in total. The topological polar surface area (TPSA) is 66.8 Å². The number of nitrogens with zero attached hydrogens (tertiary/aromatic N) is 2. The Morgan fingerprint density at radius 2 is 2.08 bits per heavy atom. The Hall–Kier alpha value is -0.760. The summed E-state index contributed by atoms with van der Waals surface area (Å²) < 4.78 is 24.1. The van der Waals surface area contributed by atoms with Gasteiger partial charge in [0.25, 0.3) is 0 Å². The van der Waals surface area contributed by atoms with Crippen LogP contribution in [0.25, 0.3) is 0 Å². The fourth-order valence-electron chi connectivity index (χ4n) is 3.03. The predicted molar refractivity (Wildman–Crippen MR) is 105 cm³/mol. The Kier molecular flexibility index (Phi) is 5.40. The molecule has 9 heteroatoms. The van der Waals surface area contributed by atoms with Crippen molar-refractivity contribution in [1.29, 1.82) is 0 Å². The van der Waals surface area contributed by atoms with Gasteiger partial charge in [-0.15, -0.1) is 0 Å². The number of benzene rings is 1. The summed E-state index contributed by atoms with van der Waals surface area (Å²) in [6.45, 7) is 3.90. The second kappa shape index (κ2) is 7.10. The van der Waals surface area contributed by atoms with Crippen molar-refractivity contribution in [3.63, 3.8) is 0 Å². The maximum Gasteiger partial charge on any atom is 0.248 e. The molecule has 0 N–H and O–H groups in total. The van der Waals surface area contributed by atoms with Gasteiger partial charge in [0, 0.05) is 11.7 Å². The summed E-state index contributed by atoms with van der Waals surface area (Å²) in [6.07, 6.45) is 0.342. The lowest BCUT2D eigenvalue weighted by molar-refractivity contribution is -0.118. The molecule has 2 atom stereocenters. The summed E-state index contributed by atoms with van der Waals surface area (Å²) in [5, 5.41) is 1.05. The van der Waals surface area contributed by atoms with Gasteiger partial charge in [-0.1, -0.05) is 54.9 Å². The first-order valence-corrected chi connectivity index (χ1v) is 11.4. The molecule has 1 aromatic carbocycles. The molecule has 0 bridgehead atoms. The predicted octanol–water partition coefficient (Wildman–Crippen LogP) is 3.64. The number of amidine groups is 1. The lowest BCUT2D eigenvalue weighted by Gasteiger charge is -2.25. The van der Waals surface area contributed by atoms with E-state index in [9.17, 15) is 13.2 Å². The van der Waals surface area contributed by atoms with Gasteiger partial charge in [0.05, 0.1) is 33.3 Å². The zero-order valence-corrected chi connectivity index (χ0v) is 16.9. The van der Waals surface area contributed by atoms with E-state index in [1.165, 1.54) is 11.8 Å². The van der Waals surface area contributed by atoms with Crippen LogP contribution in [0.2, 0.25) is 10.0 Å². The van der Waals surface area contributed by atoms with Crippen molar-refractivity contribution in [3.8, 4) is 0 Å². The van der Waals surface area contributed by atoms with Crippen LogP contribution in [0.3, 0.4) is 0 Å². The quantitative estimate of drug-likeness (QED) is 0.746. The highest BCUT2D eigenvalue weighted by Gasteiger charge is 2.49. The number of anilines is 1. The number of thioether (sulfide) groups is 1. The summed E-state index contributed by atoms with van der Waals surface area (Å²) in [7, 11) is -3.12. The number of halogens is 2. The second-order valence-corrected chi connectivity index (χ2v) is 10.8. The van der Waals surface area contributed by atoms with E-state index in [1.807, 2.05) is 13.8 Å². The standard InChI is InChI=1S/C16H18Cl2N2O3S2/c1-9(2)6-14(21)19-16-20(11-5-3-4-10(17)15(11)18)12-7-25(22,23)8-13(12)24-16/h3-5,9,12-13H,6-8H2,1-2H3/t12-,13+/m1/s1. The van der Waals surface area contributed by atoms with Crippen molar-refractivity contribution in [2.45, 2.75) is 31.6 Å². The number of hydrogen-bond acceptors (Lipinski definition) is 4. The van der Waals surface area contributed by atoms with Crippen molar-refractivity contribution in [2.24, 2.45) is 10.9 Å². The minimum absolute atomic E-state index is 0.0187. The summed E-state index contributed by atoms with van der Waals surface area (Å²) >= 11 is 13.8. The lowest BCUT2D eigenvalue weighted by Crippen LogP contribution is -2.38. The molecular formula is C16H18Cl2N2O3S2. The molecule has 2 heterocycles. The van der Waals surface area contributed by atoms with Gasteiger partial charge in [0.2, 0.25) is 5.91 Å². The van der Waals surface area contributed by atoms with E-state index in [0.29, 0.717) is 27.3 Å². The van der Waals surface area contributed by atoms with Crippen LogP contribution < -0.4 is 4.90 Å². The van der Waals surface area contributed by atoms with Crippen LogP contribution in [0.5, 0.6) is 0 Å². The molecule has 0 saturated carbocycles. The zero-order valence-electron chi connectivity index (χ0n) is 13.8. The number of sulfone groups is 1. The van der Waals surface area contributed by atoms with Crippen LogP contribution in [0.15, 0.2) is 23.2 Å². The smallest absolute Gasteiger partial charge is 0.248 e. The summed E-state index contributed by atoms with van der Waals surface area (Å²) in [6, 6.07) is 4.89. The minimum Gasteiger partial charge on any atom is -0.314 e. The van der Waals surface area contributed by atoms with Crippen LogP contribution in [-0.4, -0.2) is 42.3 Å². The van der Waals surface area contributed by atoms with E-state index in [4.69, 9.17) is 23.2 Å². The van der Waals surface area contributed by atoms with Crippen molar-refractivity contribution in [2.75, 3.05) is 16.4 Å². The molecule has 2 aliphatic heterocycles. The monoisotopic (exact) mass is 420 g/mol. The zero-order chi connectivity index (χ0) is 18.4. The number of carbonyl (C=O) groups excluding carboxylic acids is 1. The molecule has 0 aromatic heterocycles. The van der Waals surface area contributed by atoms with E-state index in [2.05, 4.69) is 4.99 Å². The Morgan fingerprint density at radius 3 is 2.76 bits per heavy atom. The number of hydrogen-bond donors (Lipinski definition) is 0. The van der Waals surface area contributed by atoms with Gasteiger partial charge < -0.3 is 4.90 Å². The Bertz CT molecular complexity index is 840. The number of amides is 1. The molecule has 0 spiro atoms. The highest BCUT2D eigenvalue weighted by molar-refractivity contribution is 8.16. The van der Waals surface area contributed by atoms with Gasteiger partial charge in [-0.25, -0.2) is 8.42 Å². The average molecular weight is 421 g/mol. The van der Waals surface area contributed by atoms with Crippen molar-refractivity contribution < 1.29 is 13.2 Å². The minimum atomic E-state index is -3.12. The molecular weight excluding hydrogens is 403 g/mol. The van der Waals surface area contributed by atoms with Crippen LogP contribution in [0.1, 0.15) is 20.3 Å². The molecule has 0 aliphatic carbocycles. The number of rotatable bonds is 3. The van der Waals surface area contributed by atoms with Crippen LogP contribution in [0.4, 0.5) is 5.69 Å². The van der Waals surface area contributed by atoms with Crippen LogP contribution in [0, 0.1) is 5.92 Å². The van der Waals surface area contributed by atoms with E-state index < -0.39 is 9.84 Å². The van der Waals surface area contributed by atoms with Crippen LogP contribution in [-0.2, 0) is 14.6 Å². The van der Waals surface area contributed by atoms with Gasteiger partial charge in [0.15, 0.2) is 15.0 Å². The van der Waals surface area contributed by atoms with Gasteiger partial charge in [-0.2, -0.15) is 4.99 Å². The fraction of sp³-hybridized carbons (Fsp3) is 0.500. The van der Waals surface area contributed by atoms with E-state index in [0.717, 1.165) is 0 Å². The summed E-state index contributed by atoms with van der Waals surface area (Å²) in [5.74, 6) is 0.0779. The molecule has 25 heavy (non-hydrogen) atoms. The number of carbonyl (C=O) groups is 1. The molecule has 2 fully saturated rings. The lowest BCUT2D eigenvalue weighted by atomic mass is 10.1. The van der Waals surface area contributed by atoms with Crippen molar-refractivity contribution in [1.82, 2.24) is 0 Å². The Morgan fingerprint density at radius 1 is 1.36 bits per heavy atom. The largest absolute Gasteiger partial charge is 0.314 e. The maximum atomic E-state index is 12.2. The highest BCUT2D eigenvalue weighted by Crippen LogP contribution is 2.44. The molecule has 2 saturated heterocycles. The maximum absolute atomic E-state index is 12.2.